The monoisotopic (exact) mass is 380 g/mol. The standard InChI is InChI=1S/C19H28N2O4S/c1-19(2,3)18(24)21-9-7-13(8-10-21)17(23)20-14(12-16(22)25-4)15-6-5-11-26-15/h5-6,11,13-14H,7-10,12H2,1-4H3,(H,20,23). The van der Waals surface area contributed by atoms with Crippen LogP contribution < -0.4 is 5.32 Å². The minimum Gasteiger partial charge on any atom is -0.469 e. The lowest BCUT2D eigenvalue weighted by molar-refractivity contribution is -0.143. The van der Waals surface area contributed by atoms with Gasteiger partial charge >= 0.3 is 5.97 Å². The third kappa shape index (κ3) is 5.30. The zero-order valence-electron chi connectivity index (χ0n) is 15.9. The van der Waals surface area contributed by atoms with Crippen molar-refractivity contribution >= 4 is 29.1 Å². The van der Waals surface area contributed by atoms with E-state index in [1.165, 1.54) is 18.4 Å². The van der Waals surface area contributed by atoms with Gasteiger partial charge in [0.25, 0.3) is 0 Å². The van der Waals surface area contributed by atoms with Crippen molar-refractivity contribution < 1.29 is 19.1 Å². The van der Waals surface area contributed by atoms with Crippen molar-refractivity contribution in [2.45, 2.75) is 46.1 Å². The number of methoxy groups -OCH3 is 1. The Balaban J connectivity index is 1.94. The molecule has 1 aliphatic heterocycles. The van der Waals surface area contributed by atoms with E-state index in [0.717, 1.165) is 4.88 Å². The van der Waals surface area contributed by atoms with Crippen LogP contribution in [0.3, 0.4) is 0 Å². The molecule has 26 heavy (non-hydrogen) atoms. The average Bonchev–Trinajstić information content (AvgIpc) is 3.14. The molecule has 1 aliphatic rings. The summed E-state index contributed by atoms with van der Waals surface area (Å²) in [6.07, 6.45) is 1.40. The molecule has 1 saturated heterocycles. The Labute approximate surface area is 158 Å². The van der Waals surface area contributed by atoms with E-state index in [-0.39, 0.29) is 36.2 Å². The lowest BCUT2D eigenvalue weighted by Gasteiger charge is -2.35. The number of hydrogen-bond donors (Lipinski definition) is 1. The van der Waals surface area contributed by atoms with Gasteiger partial charge < -0.3 is 15.0 Å². The van der Waals surface area contributed by atoms with Crippen LogP contribution in [0.4, 0.5) is 0 Å². The number of carbonyl (C=O) groups is 3. The van der Waals surface area contributed by atoms with E-state index in [9.17, 15) is 14.4 Å². The van der Waals surface area contributed by atoms with Gasteiger partial charge in [0.1, 0.15) is 0 Å². The van der Waals surface area contributed by atoms with Gasteiger partial charge in [-0.3, -0.25) is 14.4 Å². The van der Waals surface area contributed by atoms with E-state index in [4.69, 9.17) is 4.74 Å². The fourth-order valence-corrected chi connectivity index (χ4v) is 3.85. The summed E-state index contributed by atoms with van der Waals surface area (Å²) in [5.41, 5.74) is -0.403. The molecule has 7 heteroatoms. The van der Waals surface area contributed by atoms with Gasteiger partial charge in [-0.2, -0.15) is 0 Å². The molecule has 1 atom stereocenters. The number of thiophene rings is 1. The predicted octanol–water partition coefficient (Wildman–Crippen LogP) is 2.75. The topological polar surface area (TPSA) is 75.7 Å². The second-order valence-electron chi connectivity index (χ2n) is 7.67. The number of hydrogen-bond acceptors (Lipinski definition) is 5. The minimum absolute atomic E-state index is 0.0600. The van der Waals surface area contributed by atoms with Gasteiger partial charge in [-0.1, -0.05) is 26.8 Å². The highest BCUT2D eigenvalue weighted by Gasteiger charge is 2.33. The van der Waals surface area contributed by atoms with Crippen molar-refractivity contribution in [1.82, 2.24) is 10.2 Å². The SMILES string of the molecule is COC(=O)CC(NC(=O)C1CCN(C(=O)C(C)(C)C)CC1)c1cccs1. The summed E-state index contributed by atoms with van der Waals surface area (Å²) in [6.45, 7) is 6.91. The number of likely N-dealkylation sites (tertiary alicyclic amines) is 1. The molecular formula is C19H28N2O4S. The summed E-state index contributed by atoms with van der Waals surface area (Å²) in [4.78, 5) is 39.5. The van der Waals surface area contributed by atoms with Crippen LogP contribution in [0.25, 0.3) is 0 Å². The van der Waals surface area contributed by atoms with Gasteiger partial charge in [0.2, 0.25) is 11.8 Å². The molecule has 144 valence electrons. The number of nitrogens with zero attached hydrogens (tertiary/aromatic N) is 1. The molecule has 1 aromatic rings. The molecule has 1 fully saturated rings. The molecule has 0 saturated carbocycles. The summed E-state index contributed by atoms with van der Waals surface area (Å²) < 4.78 is 4.75. The smallest absolute Gasteiger partial charge is 0.307 e. The third-order valence-corrected chi connectivity index (χ3v) is 5.58. The van der Waals surface area contributed by atoms with Crippen LogP contribution in [0.15, 0.2) is 17.5 Å². The Morgan fingerprint density at radius 1 is 1.31 bits per heavy atom. The number of amides is 2. The van der Waals surface area contributed by atoms with Crippen molar-refractivity contribution in [2.24, 2.45) is 11.3 Å². The van der Waals surface area contributed by atoms with Crippen LogP contribution in [-0.4, -0.2) is 42.9 Å². The summed E-state index contributed by atoms with van der Waals surface area (Å²) in [5, 5.41) is 4.91. The highest BCUT2D eigenvalue weighted by Crippen LogP contribution is 2.26. The number of nitrogens with one attached hydrogen (secondary N) is 1. The first-order chi connectivity index (χ1) is 12.2. The van der Waals surface area contributed by atoms with Gasteiger partial charge in [0.05, 0.1) is 19.6 Å². The molecule has 0 spiro atoms. The first kappa shape index (κ1) is 20.4. The molecule has 2 rings (SSSR count). The van der Waals surface area contributed by atoms with E-state index in [2.05, 4.69) is 5.32 Å². The molecule has 0 aliphatic carbocycles. The molecule has 0 bridgehead atoms. The molecule has 1 N–H and O–H groups in total. The first-order valence-corrected chi connectivity index (χ1v) is 9.80. The van der Waals surface area contributed by atoms with E-state index >= 15 is 0 Å². The molecular weight excluding hydrogens is 352 g/mol. The highest BCUT2D eigenvalue weighted by molar-refractivity contribution is 7.10. The molecule has 6 nitrogen and oxygen atoms in total. The summed E-state index contributed by atoms with van der Waals surface area (Å²) in [5.74, 6) is -0.429. The second-order valence-corrected chi connectivity index (χ2v) is 8.65. The van der Waals surface area contributed by atoms with Crippen LogP contribution in [0, 0.1) is 11.3 Å². The number of ether oxygens (including phenoxy) is 1. The van der Waals surface area contributed by atoms with E-state index in [0.29, 0.717) is 25.9 Å². The van der Waals surface area contributed by atoms with Crippen LogP contribution in [0.1, 0.15) is 51.0 Å². The van der Waals surface area contributed by atoms with Gasteiger partial charge in [-0.05, 0) is 24.3 Å². The minimum atomic E-state index is -0.403. The Bertz CT molecular complexity index is 628. The summed E-state index contributed by atoms with van der Waals surface area (Å²) in [6, 6.07) is 3.43. The number of rotatable bonds is 5. The molecule has 0 aromatic carbocycles. The van der Waals surface area contributed by atoms with Gasteiger partial charge in [-0.15, -0.1) is 11.3 Å². The third-order valence-electron chi connectivity index (χ3n) is 4.60. The number of piperidine rings is 1. The van der Waals surface area contributed by atoms with Crippen molar-refractivity contribution in [3.05, 3.63) is 22.4 Å². The van der Waals surface area contributed by atoms with Crippen molar-refractivity contribution in [3.63, 3.8) is 0 Å². The zero-order valence-corrected chi connectivity index (χ0v) is 16.7. The number of carbonyl (C=O) groups excluding carboxylic acids is 3. The van der Waals surface area contributed by atoms with E-state index < -0.39 is 5.41 Å². The zero-order chi connectivity index (χ0) is 19.3. The van der Waals surface area contributed by atoms with Gasteiger partial charge in [-0.25, -0.2) is 0 Å². The second kappa shape index (κ2) is 8.66. The van der Waals surface area contributed by atoms with E-state index in [1.54, 1.807) is 0 Å². The molecule has 2 amide bonds. The normalized spacial score (nSPS) is 16.8. The quantitative estimate of drug-likeness (QED) is 0.797. The maximum absolute atomic E-state index is 12.7. The molecule has 2 heterocycles. The maximum atomic E-state index is 12.7. The highest BCUT2D eigenvalue weighted by atomic mass is 32.1. The van der Waals surface area contributed by atoms with Crippen LogP contribution in [0.5, 0.6) is 0 Å². The van der Waals surface area contributed by atoms with Crippen LogP contribution in [0.2, 0.25) is 0 Å². The predicted molar refractivity (Wildman–Crippen MR) is 101 cm³/mol. The Morgan fingerprint density at radius 2 is 1.96 bits per heavy atom. The summed E-state index contributed by atoms with van der Waals surface area (Å²) in [7, 11) is 1.34. The Morgan fingerprint density at radius 3 is 2.46 bits per heavy atom. The first-order valence-electron chi connectivity index (χ1n) is 8.92. The Kier molecular flexibility index (Phi) is 6.81. The largest absolute Gasteiger partial charge is 0.469 e. The van der Waals surface area contributed by atoms with Crippen molar-refractivity contribution in [1.29, 1.82) is 0 Å². The lowest BCUT2D eigenvalue weighted by atomic mass is 9.90. The molecule has 1 aromatic heterocycles. The number of esters is 1. The van der Waals surface area contributed by atoms with Crippen LogP contribution in [-0.2, 0) is 19.1 Å². The maximum Gasteiger partial charge on any atom is 0.307 e. The fraction of sp³-hybridized carbons (Fsp3) is 0.632. The van der Waals surface area contributed by atoms with Gasteiger partial charge in [0, 0.05) is 29.3 Å². The van der Waals surface area contributed by atoms with Gasteiger partial charge in [0.15, 0.2) is 0 Å². The summed E-state index contributed by atoms with van der Waals surface area (Å²) >= 11 is 1.50. The lowest BCUT2D eigenvalue weighted by Crippen LogP contribution is -2.47. The average molecular weight is 381 g/mol. The van der Waals surface area contributed by atoms with E-state index in [1.807, 2.05) is 43.2 Å². The van der Waals surface area contributed by atoms with Crippen molar-refractivity contribution in [3.8, 4) is 0 Å². The molecule has 0 radical (unpaired) electrons. The molecule has 1 unspecified atom stereocenters. The fourth-order valence-electron chi connectivity index (χ4n) is 3.07. The van der Waals surface area contributed by atoms with Crippen LogP contribution >= 0.6 is 11.3 Å². The Hall–Kier alpha value is -1.89. The van der Waals surface area contributed by atoms with Crippen molar-refractivity contribution in [2.75, 3.05) is 20.2 Å².